The van der Waals surface area contributed by atoms with E-state index in [0.717, 1.165) is 52.5 Å². The molecule has 0 aromatic carbocycles. The monoisotopic (exact) mass is 256 g/mol. The van der Waals surface area contributed by atoms with Gasteiger partial charge in [-0.25, -0.2) is 0 Å². The summed E-state index contributed by atoms with van der Waals surface area (Å²) in [4.78, 5) is 14.3. The van der Waals surface area contributed by atoms with Gasteiger partial charge in [-0.15, -0.1) is 0 Å². The zero-order chi connectivity index (χ0) is 12.6. The van der Waals surface area contributed by atoms with Gasteiger partial charge in [0, 0.05) is 52.4 Å². The van der Waals surface area contributed by atoms with Gasteiger partial charge in [0.1, 0.15) is 6.17 Å². The third-order valence-corrected chi connectivity index (χ3v) is 3.22. The molecule has 0 aromatic rings. The molecule has 0 spiro atoms. The quantitative estimate of drug-likeness (QED) is 0.346. The zero-order valence-electron chi connectivity index (χ0n) is 10.8. The topological polar surface area (TPSA) is 80.5 Å². The van der Waals surface area contributed by atoms with Crippen molar-refractivity contribution >= 4 is 5.91 Å². The standard InChI is InChI=1S/C11H24N6O/c18-11-10(17-8-7-14-9-17)15-5-3-12-1-2-13-4-6-16-11/h10,12-15H,1-9H2,(H,16,18). The summed E-state index contributed by atoms with van der Waals surface area (Å²) in [7, 11) is 0. The highest BCUT2D eigenvalue weighted by atomic mass is 16.2. The predicted octanol–water partition coefficient (Wildman–Crippen LogP) is -2.93. The molecule has 18 heavy (non-hydrogen) atoms. The van der Waals surface area contributed by atoms with Crippen LogP contribution in [0.3, 0.4) is 0 Å². The molecule has 2 heterocycles. The number of carbonyl (C=O) groups is 1. The summed E-state index contributed by atoms with van der Waals surface area (Å²) in [5.41, 5.74) is 0. The summed E-state index contributed by atoms with van der Waals surface area (Å²) in [6, 6.07) is 0. The van der Waals surface area contributed by atoms with Crippen LogP contribution in [0.25, 0.3) is 0 Å². The highest BCUT2D eigenvalue weighted by Crippen LogP contribution is 1.99. The fourth-order valence-corrected chi connectivity index (χ4v) is 2.23. The largest absolute Gasteiger partial charge is 0.352 e. The molecule has 2 saturated heterocycles. The van der Waals surface area contributed by atoms with Crippen molar-refractivity contribution in [2.75, 3.05) is 59.0 Å². The first-order valence-corrected chi connectivity index (χ1v) is 6.75. The van der Waals surface area contributed by atoms with Crippen LogP contribution in [0.4, 0.5) is 0 Å². The lowest BCUT2D eigenvalue weighted by Crippen LogP contribution is -2.56. The first kappa shape index (κ1) is 13.7. The molecule has 2 rings (SSSR count). The number of nitrogens with zero attached hydrogens (tertiary/aromatic N) is 1. The molecule has 0 aliphatic carbocycles. The van der Waals surface area contributed by atoms with Gasteiger partial charge in [0.05, 0.1) is 6.67 Å². The second-order valence-electron chi connectivity index (χ2n) is 4.62. The Kier molecular flexibility index (Phi) is 5.82. The molecule has 1 atom stereocenters. The Balaban J connectivity index is 1.87. The van der Waals surface area contributed by atoms with Crippen molar-refractivity contribution in [3.63, 3.8) is 0 Å². The van der Waals surface area contributed by atoms with Crippen molar-refractivity contribution in [2.24, 2.45) is 0 Å². The minimum Gasteiger partial charge on any atom is -0.352 e. The van der Waals surface area contributed by atoms with Crippen LogP contribution in [-0.4, -0.2) is 76.0 Å². The van der Waals surface area contributed by atoms with E-state index in [9.17, 15) is 4.79 Å². The van der Waals surface area contributed by atoms with Crippen LogP contribution >= 0.6 is 0 Å². The van der Waals surface area contributed by atoms with Crippen LogP contribution < -0.4 is 26.6 Å². The number of hydrogen-bond donors (Lipinski definition) is 5. The molecule has 5 N–H and O–H groups in total. The van der Waals surface area contributed by atoms with Crippen molar-refractivity contribution in [1.29, 1.82) is 0 Å². The first-order valence-electron chi connectivity index (χ1n) is 6.75. The fourth-order valence-electron chi connectivity index (χ4n) is 2.23. The van der Waals surface area contributed by atoms with Gasteiger partial charge in [-0.2, -0.15) is 0 Å². The third-order valence-electron chi connectivity index (χ3n) is 3.22. The van der Waals surface area contributed by atoms with E-state index in [1.165, 1.54) is 0 Å². The number of hydrogen-bond acceptors (Lipinski definition) is 6. The summed E-state index contributed by atoms with van der Waals surface area (Å²) in [6.07, 6.45) is -0.221. The molecule has 0 radical (unpaired) electrons. The van der Waals surface area contributed by atoms with Crippen molar-refractivity contribution in [3.05, 3.63) is 0 Å². The molecule has 0 aromatic heterocycles. The second kappa shape index (κ2) is 7.65. The minimum atomic E-state index is -0.221. The maximum Gasteiger partial charge on any atom is 0.252 e. The van der Waals surface area contributed by atoms with Gasteiger partial charge in [-0.1, -0.05) is 0 Å². The van der Waals surface area contributed by atoms with E-state index in [1.54, 1.807) is 0 Å². The molecule has 0 saturated carbocycles. The van der Waals surface area contributed by atoms with E-state index in [-0.39, 0.29) is 12.1 Å². The molecule has 7 nitrogen and oxygen atoms in total. The summed E-state index contributed by atoms with van der Waals surface area (Å²) in [6.45, 7) is 7.72. The Morgan fingerprint density at radius 2 is 1.61 bits per heavy atom. The maximum absolute atomic E-state index is 12.1. The van der Waals surface area contributed by atoms with E-state index >= 15 is 0 Å². The van der Waals surface area contributed by atoms with E-state index in [0.29, 0.717) is 6.54 Å². The Morgan fingerprint density at radius 1 is 0.889 bits per heavy atom. The van der Waals surface area contributed by atoms with Crippen LogP contribution in [0, 0.1) is 0 Å². The summed E-state index contributed by atoms with van der Waals surface area (Å²) >= 11 is 0. The van der Waals surface area contributed by atoms with Crippen molar-refractivity contribution in [3.8, 4) is 0 Å². The van der Waals surface area contributed by atoms with E-state index < -0.39 is 0 Å². The van der Waals surface area contributed by atoms with Gasteiger partial charge in [-0.05, 0) is 0 Å². The molecule has 2 aliphatic rings. The lowest BCUT2D eigenvalue weighted by Gasteiger charge is -2.27. The first-order chi connectivity index (χ1) is 8.88. The van der Waals surface area contributed by atoms with Crippen molar-refractivity contribution in [2.45, 2.75) is 6.17 Å². The van der Waals surface area contributed by atoms with E-state index in [2.05, 4.69) is 31.5 Å². The van der Waals surface area contributed by atoms with Crippen LogP contribution in [0.2, 0.25) is 0 Å². The average molecular weight is 256 g/mol. The van der Waals surface area contributed by atoms with Gasteiger partial charge in [0.25, 0.3) is 5.91 Å². The maximum atomic E-state index is 12.1. The summed E-state index contributed by atoms with van der Waals surface area (Å²) in [5, 5.41) is 16.2. The minimum absolute atomic E-state index is 0.0704. The predicted molar refractivity (Wildman–Crippen MR) is 70.1 cm³/mol. The van der Waals surface area contributed by atoms with Crippen molar-refractivity contribution in [1.82, 2.24) is 31.5 Å². The Morgan fingerprint density at radius 3 is 2.33 bits per heavy atom. The molecule has 0 bridgehead atoms. The highest BCUT2D eigenvalue weighted by molar-refractivity contribution is 5.81. The molecule has 2 aliphatic heterocycles. The van der Waals surface area contributed by atoms with E-state index in [4.69, 9.17) is 0 Å². The smallest absolute Gasteiger partial charge is 0.252 e. The van der Waals surface area contributed by atoms with Crippen LogP contribution in [0.15, 0.2) is 0 Å². The molecule has 2 fully saturated rings. The molecule has 1 unspecified atom stereocenters. The molecular weight excluding hydrogens is 232 g/mol. The van der Waals surface area contributed by atoms with Crippen LogP contribution in [0.1, 0.15) is 0 Å². The Bertz CT molecular complexity index is 256. The lowest BCUT2D eigenvalue weighted by molar-refractivity contribution is -0.127. The number of nitrogens with one attached hydrogen (secondary N) is 5. The molecular formula is C11H24N6O. The number of carbonyl (C=O) groups excluding carboxylic acids is 1. The summed E-state index contributed by atoms with van der Waals surface area (Å²) < 4.78 is 0. The Hall–Kier alpha value is -0.730. The van der Waals surface area contributed by atoms with Crippen LogP contribution in [0.5, 0.6) is 0 Å². The van der Waals surface area contributed by atoms with Crippen LogP contribution in [-0.2, 0) is 4.79 Å². The lowest BCUT2D eigenvalue weighted by atomic mass is 10.3. The second-order valence-corrected chi connectivity index (χ2v) is 4.62. The summed E-state index contributed by atoms with van der Waals surface area (Å²) in [5.74, 6) is 0.0704. The zero-order valence-corrected chi connectivity index (χ0v) is 10.8. The number of amides is 1. The number of rotatable bonds is 1. The normalized spacial score (nSPS) is 29.3. The van der Waals surface area contributed by atoms with Gasteiger partial charge >= 0.3 is 0 Å². The Labute approximate surface area is 108 Å². The van der Waals surface area contributed by atoms with E-state index in [1.807, 2.05) is 0 Å². The van der Waals surface area contributed by atoms with Gasteiger partial charge in [-0.3, -0.25) is 15.0 Å². The highest BCUT2D eigenvalue weighted by Gasteiger charge is 2.27. The van der Waals surface area contributed by atoms with Crippen molar-refractivity contribution < 1.29 is 4.79 Å². The average Bonchev–Trinajstić information content (AvgIpc) is 2.87. The molecule has 104 valence electrons. The van der Waals surface area contributed by atoms with Gasteiger partial charge in [0.15, 0.2) is 0 Å². The third kappa shape index (κ3) is 4.18. The fraction of sp³-hybridized carbons (Fsp3) is 0.909. The SMILES string of the molecule is O=C1NCCNCCNCCNC1N1CCNC1. The van der Waals surface area contributed by atoms with Gasteiger partial charge in [0.2, 0.25) is 0 Å². The van der Waals surface area contributed by atoms with Gasteiger partial charge < -0.3 is 21.3 Å². The molecule has 1 amide bonds. The molecule has 7 heteroatoms.